The van der Waals surface area contributed by atoms with Crippen molar-refractivity contribution >= 4 is 30.4 Å². The van der Waals surface area contributed by atoms with Crippen molar-refractivity contribution in [1.29, 1.82) is 0 Å². The molecular formula is C10H21IO4S. The third-order valence-corrected chi connectivity index (χ3v) is 3.11. The van der Waals surface area contributed by atoms with Crippen molar-refractivity contribution in [3.05, 3.63) is 0 Å². The van der Waals surface area contributed by atoms with Crippen molar-refractivity contribution in [2.24, 2.45) is 0 Å². The lowest BCUT2D eigenvalue weighted by molar-refractivity contribution is -0.155. The molecule has 1 saturated heterocycles. The smallest absolute Gasteiger partial charge is 0.159 e. The normalized spacial score (nSPS) is 20.4. The van der Waals surface area contributed by atoms with Crippen LogP contribution in [0.3, 0.4) is 0 Å². The Morgan fingerprint density at radius 2 is 2.19 bits per heavy atom. The van der Waals surface area contributed by atoms with Crippen LogP contribution in [0.25, 0.3) is 0 Å². The van der Waals surface area contributed by atoms with Crippen LogP contribution in [0, 0.1) is 0 Å². The fourth-order valence-electron chi connectivity index (χ4n) is 1.08. The second-order valence-corrected chi connectivity index (χ2v) is 5.40. The van der Waals surface area contributed by atoms with Gasteiger partial charge in [-0.25, -0.2) is 0 Å². The SMILES string of the molecule is COC(C)(C)O.ISOCCC1CCCO1. The topological polar surface area (TPSA) is 47.9 Å². The summed E-state index contributed by atoms with van der Waals surface area (Å²) in [7, 11) is 2.86. The van der Waals surface area contributed by atoms with Crippen LogP contribution in [0.1, 0.15) is 33.1 Å². The average Bonchev–Trinajstić information content (AvgIpc) is 2.71. The van der Waals surface area contributed by atoms with Gasteiger partial charge in [0.2, 0.25) is 0 Å². The van der Waals surface area contributed by atoms with E-state index in [1.807, 2.05) is 0 Å². The largest absolute Gasteiger partial charge is 0.378 e. The number of hydrogen-bond acceptors (Lipinski definition) is 5. The van der Waals surface area contributed by atoms with Gasteiger partial charge in [0.05, 0.1) is 21.9 Å². The van der Waals surface area contributed by atoms with Gasteiger partial charge in [-0.2, -0.15) is 0 Å². The van der Waals surface area contributed by atoms with Gasteiger partial charge in [-0.15, -0.1) is 0 Å². The number of hydrogen-bond donors (Lipinski definition) is 1. The Bertz CT molecular complexity index is 157. The molecule has 16 heavy (non-hydrogen) atoms. The molecular weight excluding hydrogens is 343 g/mol. The summed E-state index contributed by atoms with van der Waals surface area (Å²) >= 11 is 2.13. The Morgan fingerprint density at radius 1 is 1.56 bits per heavy atom. The molecule has 0 spiro atoms. The van der Waals surface area contributed by atoms with E-state index >= 15 is 0 Å². The highest BCUT2D eigenvalue weighted by atomic mass is 127. The maximum atomic E-state index is 8.60. The fraction of sp³-hybridized carbons (Fsp3) is 1.00. The lowest BCUT2D eigenvalue weighted by Crippen LogP contribution is -2.20. The number of aliphatic hydroxyl groups is 1. The Kier molecular flexibility index (Phi) is 10.5. The van der Waals surface area contributed by atoms with E-state index in [2.05, 4.69) is 25.9 Å². The van der Waals surface area contributed by atoms with Crippen LogP contribution < -0.4 is 0 Å². The van der Waals surface area contributed by atoms with Crippen molar-refractivity contribution in [3.8, 4) is 0 Å². The quantitative estimate of drug-likeness (QED) is 0.352. The highest BCUT2D eigenvalue weighted by Crippen LogP contribution is 2.18. The maximum Gasteiger partial charge on any atom is 0.159 e. The van der Waals surface area contributed by atoms with Crippen molar-refractivity contribution in [3.63, 3.8) is 0 Å². The van der Waals surface area contributed by atoms with Gasteiger partial charge in [0.25, 0.3) is 0 Å². The molecule has 0 aromatic rings. The van der Waals surface area contributed by atoms with Crippen molar-refractivity contribution < 1.29 is 18.8 Å². The standard InChI is InChI=1S/C6H11IO2S.C4H10O2/c7-10-9-5-3-6-2-1-4-8-6;1-4(2,5)6-3/h6H,1-5H2;5H,1-3H3. The summed E-state index contributed by atoms with van der Waals surface area (Å²) in [6.45, 7) is 4.92. The third kappa shape index (κ3) is 11.4. The van der Waals surface area contributed by atoms with Gasteiger partial charge >= 0.3 is 0 Å². The summed E-state index contributed by atoms with van der Waals surface area (Å²) in [5.74, 6) is -0.958. The zero-order chi connectivity index (χ0) is 12.4. The van der Waals surface area contributed by atoms with E-state index < -0.39 is 5.79 Å². The van der Waals surface area contributed by atoms with Gasteiger partial charge in [-0.3, -0.25) is 0 Å². The van der Waals surface area contributed by atoms with Crippen LogP contribution >= 0.6 is 30.4 Å². The molecule has 0 saturated carbocycles. The highest BCUT2D eigenvalue weighted by molar-refractivity contribution is 14.2. The lowest BCUT2D eigenvalue weighted by Gasteiger charge is -2.12. The molecule has 0 aliphatic carbocycles. The summed E-state index contributed by atoms with van der Waals surface area (Å²) < 4.78 is 15.0. The van der Waals surface area contributed by atoms with Gasteiger partial charge in [-0.05, 0) is 33.1 Å². The zero-order valence-electron chi connectivity index (χ0n) is 10.1. The molecule has 4 nitrogen and oxygen atoms in total. The van der Waals surface area contributed by atoms with Crippen LogP contribution in [0.2, 0.25) is 0 Å². The average molecular weight is 364 g/mol. The molecule has 1 fully saturated rings. The molecule has 1 unspecified atom stereocenters. The molecule has 1 rings (SSSR count). The van der Waals surface area contributed by atoms with Gasteiger partial charge in [0.1, 0.15) is 0 Å². The molecule has 98 valence electrons. The molecule has 1 atom stereocenters. The monoisotopic (exact) mass is 364 g/mol. The molecule has 1 heterocycles. The van der Waals surface area contributed by atoms with E-state index in [9.17, 15) is 0 Å². The minimum atomic E-state index is -0.958. The first kappa shape index (κ1) is 16.9. The van der Waals surface area contributed by atoms with Crippen LogP contribution in [-0.2, 0) is 13.7 Å². The Morgan fingerprint density at radius 3 is 2.56 bits per heavy atom. The third-order valence-electron chi connectivity index (χ3n) is 2.09. The summed E-state index contributed by atoms with van der Waals surface area (Å²) in [5, 5.41) is 8.60. The van der Waals surface area contributed by atoms with E-state index in [0.29, 0.717) is 6.10 Å². The number of ether oxygens (including phenoxy) is 2. The van der Waals surface area contributed by atoms with Crippen LogP contribution in [0.5, 0.6) is 0 Å². The minimum Gasteiger partial charge on any atom is -0.378 e. The number of halogens is 1. The highest BCUT2D eigenvalue weighted by Gasteiger charge is 2.14. The first-order valence-corrected chi connectivity index (χ1v) is 8.57. The van der Waals surface area contributed by atoms with Crippen molar-refractivity contribution in [1.82, 2.24) is 0 Å². The number of methoxy groups -OCH3 is 1. The summed E-state index contributed by atoms with van der Waals surface area (Å²) in [6, 6.07) is 0. The van der Waals surface area contributed by atoms with E-state index in [1.165, 1.54) is 29.2 Å². The van der Waals surface area contributed by atoms with Crippen molar-refractivity contribution in [2.45, 2.75) is 45.0 Å². The first-order chi connectivity index (χ1) is 7.49. The van der Waals surface area contributed by atoms with E-state index in [4.69, 9.17) is 14.0 Å². The fourth-order valence-corrected chi connectivity index (χ4v) is 1.78. The molecule has 0 amide bonds. The maximum absolute atomic E-state index is 8.60. The summed E-state index contributed by atoms with van der Waals surface area (Å²) in [4.78, 5) is 0. The summed E-state index contributed by atoms with van der Waals surface area (Å²) in [6.07, 6.45) is 3.97. The Labute approximate surface area is 114 Å². The molecule has 0 aromatic heterocycles. The molecule has 1 aliphatic heterocycles. The number of rotatable bonds is 5. The molecule has 1 N–H and O–H groups in total. The van der Waals surface area contributed by atoms with Gasteiger partial charge in [-0.1, -0.05) is 0 Å². The lowest BCUT2D eigenvalue weighted by atomic mass is 10.2. The van der Waals surface area contributed by atoms with E-state index in [1.54, 1.807) is 13.8 Å². The molecule has 1 aliphatic rings. The predicted octanol–water partition coefficient (Wildman–Crippen LogP) is 2.93. The van der Waals surface area contributed by atoms with E-state index in [0.717, 1.165) is 19.6 Å². The predicted molar refractivity (Wildman–Crippen MR) is 74.5 cm³/mol. The molecule has 0 aromatic carbocycles. The second-order valence-electron chi connectivity index (χ2n) is 3.96. The van der Waals surface area contributed by atoms with Crippen molar-refractivity contribution in [2.75, 3.05) is 20.3 Å². The molecule has 6 heteroatoms. The van der Waals surface area contributed by atoms with Crippen LogP contribution in [0.4, 0.5) is 0 Å². The first-order valence-electron chi connectivity index (χ1n) is 5.29. The van der Waals surface area contributed by atoms with Crippen LogP contribution in [0.15, 0.2) is 0 Å². The Balaban J connectivity index is 0.000000325. The van der Waals surface area contributed by atoms with Gasteiger partial charge < -0.3 is 18.8 Å². The van der Waals surface area contributed by atoms with E-state index in [-0.39, 0.29) is 0 Å². The van der Waals surface area contributed by atoms with Gasteiger partial charge in [0.15, 0.2) is 5.79 Å². The van der Waals surface area contributed by atoms with Gasteiger partial charge in [0, 0.05) is 34.9 Å². The zero-order valence-corrected chi connectivity index (χ0v) is 13.0. The Hall–Kier alpha value is 0.920. The molecule has 0 radical (unpaired) electrons. The summed E-state index contributed by atoms with van der Waals surface area (Å²) in [5.41, 5.74) is 0. The van der Waals surface area contributed by atoms with Crippen LogP contribution in [-0.4, -0.2) is 37.3 Å². The second kappa shape index (κ2) is 9.90. The molecule has 0 bridgehead atoms. The minimum absolute atomic E-state index is 0.476.